The molecule has 4 saturated heterocycles. The van der Waals surface area contributed by atoms with Crippen LogP contribution in [0.5, 0.6) is 0 Å². The van der Waals surface area contributed by atoms with Crippen molar-refractivity contribution in [2.45, 2.75) is 57.0 Å². The van der Waals surface area contributed by atoms with E-state index in [4.69, 9.17) is 14.5 Å². The fraction of sp³-hybridized carbons (Fsp3) is 0.423. The lowest BCUT2D eigenvalue weighted by atomic mass is 9.73. The highest BCUT2D eigenvalue weighted by molar-refractivity contribution is 7.11. The van der Waals surface area contributed by atoms with Crippen molar-refractivity contribution in [1.82, 2.24) is 24.9 Å². The molecule has 3 aromatic heterocycles. The number of rotatable bonds is 13. The number of aromatic nitrogens is 5. The predicted octanol–water partition coefficient (Wildman–Crippen LogP) is 7.43. The molecule has 366 valence electrons. The predicted molar refractivity (Wildman–Crippen MR) is 269 cm³/mol. The largest absolute Gasteiger partial charge is 0.391 e. The first-order valence-electron chi connectivity index (χ1n) is 24.1. The molecule has 70 heavy (non-hydrogen) atoms. The summed E-state index contributed by atoms with van der Waals surface area (Å²) in [5.74, 6) is 0.0295. The van der Waals surface area contributed by atoms with E-state index in [1.54, 1.807) is 36.7 Å². The van der Waals surface area contributed by atoms with Gasteiger partial charge in [-0.3, -0.25) is 4.99 Å². The van der Waals surface area contributed by atoms with Crippen molar-refractivity contribution in [2.24, 2.45) is 16.8 Å². The lowest BCUT2D eigenvalue weighted by Gasteiger charge is -2.43. The van der Waals surface area contributed by atoms with Gasteiger partial charge in [0.1, 0.15) is 58.7 Å². The summed E-state index contributed by atoms with van der Waals surface area (Å²) in [6.45, 7) is 11.6. The van der Waals surface area contributed by atoms with Gasteiger partial charge in [0.15, 0.2) is 0 Å². The molecule has 4 fully saturated rings. The number of aliphatic hydroxyl groups excluding tert-OH is 2. The summed E-state index contributed by atoms with van der Waals surface area (Å²) in [6, 6.07) is 14.4. The van der Waals surface area contributed by atoms with Crippen molar-refractivity contribution in [3.63, 3.8) is 0 Å². The van der Waals surface area contributed by atoms with Gasteiger partial charge in [0, 0.05) is 87.4 Å². The van der Waals surface area contributed by atoms with Gasteiger partial charge in [0.25, 0.3) is 0 Å². The van der Waals surface area contributed by atoms with Crippen LogP contribution in [-0.2, 0) is 21.7 Å². The molecule has 0 saturated carbocycles. The van der Waals surface area contributed by atoms with E-state index >= 15 is 8.78 Å². The number of benzene rings is 3. The monoisotopic (exact) mass is 972 g/mol. The Balaban J connectivity index is 0.879. The lowest BCUT2D eigenvalue weighted by Crippen LogP contribution is -2.50. The molecule has 5 unspecified atom stereocenters. The molecule has 0 bridgehead atoms. The van der Waals surface area contributed by atoms with Gasteiger partial charge in [0.2, 0.25) is 0 Å². The van der Waals surface area contributed by atoms with Gasteiger partial charge in [-0.2, -0.15) is 0 Å². The summed E-state index contributed by atoms with van der Waals surface area (Å²) in [4.78, 5) is 36.3. The first kappa shape index (κ1) is 47.6. The summed E-state index contributed by atoms with van der Waals surface area (Å²) < 4.78 is 44.1. The maximum atomic E-state index is 16.4. The second kappa shape index (κ2) is 20.8. The Morgan fingerprint density at radius 3 is 2.11 bits per heavy atom. The molecule has 7 heterocycles. The number of thiazole rings is 1. The minimum atomic E-state index is -1.56. The number of morpholine rings is 2. The molecular formula is C52H58F2N10O5S. The van der Waals surface area contributed by atoms with Crippen molar-refractivity contribution in [1.29, 1.82) is 0 Å². The quantitative estimate of drug-likeness (QED) is 0.0978. The summed E-state index contributed by atoms with van der Waals surface area (Å²) in [5.41, 5.74) is 2.52. The summed E-state index contributed by atoms with van der Waals surface area (Å²) >= 11 is 1.31. The maximum absolute atomic E-state index is 16.4. The van der Waals surface area contributed by atoms with Crippen LogP contribution >= 0.6 is 11.3 Å². The highest BCUT2D eigenvalue weighted by Gasteiger charge is 2.45. The van der Waals surface area contributed by atoms with Crippen LogP contribution in [0.25, 0.3) is 21.8 Å². The Morgan fingerprint density at radius 1 is 0.829 bits per heavy atom. The van der Waals surface area contributed by atoms with Crippen molar-refractivity contribution < 1.29 is 33.6 Å². The van der Waals surface area contributed by atoms with E-state index in [9.17, 15) is 15.3 Å². The smallest absolute Gasteiger partial charge is 0.147 e. The summed E-state index contributed by atoms with van der Waals surface area (Å²) in [5, 5.41) is 35.6. The van der Waals surface area contributed by atoms with Crippen molar-refractivity contribution in [2.75, 3.05) is 91.8 Å². The molecule has 0 aliphatic carbocycles. The third-order valence-corrected chi connectivity index (χ3v) is 15.3. The van der Waals surface area contributed by atoms with Gasteiger partial charge in [0.05, 0.1) is 59.4 Å². The molecule has 4 aliphatic rings. The number of nitrogens with zero attached hydrogens (tertiary/aromatic N) is 10. The van der Waals surface area contributed by atoms with E-state index < -0.39 is 23.6 Å². The first-order valence-corrected chi connectivity index (χ1v) is 24.9. The zero-order chi connectivity index (χ0) is 48.4. The second-order valence-corrected chi connectivity index (χ2v) is 19.6. The topological polar surface area (TPSA) is 169 Å². The maximum Gasteiger partial charge on any atom is 0.147 e. The van der Waals surface area contributed by atoms with Gasteiger partial charge in [-0.1, -0.05) is 36.9 Å². The number of hydrogen-bond donors (Lipinski definition) is 3. The van der Waals surface area contributed by atoms with Crippen LogP contribution < -0.4 is 19.6 Å². The van der Waals surface area contributed by atoms with Crippen LogP contribution in [0.2, 0.25) is 0 Å². The number of allylic oxidation sites excluding steroid dienone is 1. The van der Waals surface area contributed by atoms with Crippen LogP contribution in [0.1, 0.15) is 65.8 Å². The number of piperidine rings is 2. The average Bonchev–Trinajstić information content (AvgIpc) is 3.90. The second-order valence-electron chi connectivity index (χ2n) is 18.4. The van der Waals surface area contributed by atoms with Gasteiger partial charge >= 0.3 is 0 Å². The minimum Gasteiger partial charge on any atom is -0.391 e. The van der Waals surface area contributed by atoms with Gasteiger partial charge < -0.3 is 44.4 Å². The van der Waals surface area contributed by atoms with Crippen molar-refractivity contribution in [3.05, 3.63) is 125 Å². The molecule has 4 aliphatic heterocycles. The molecule has 5 atom stereocenters. The number of aliphatic imine (C=N–C) groups is 1. The van der Waals surface area contributed by atoms with E-state index in [0.29, 0.717) is 145 Å². The molecule has 3 N–H and O–H groups in total. The minimum absolute atomic E-state index is 0.110. The highest BCUT2D eigenvalue weighted by atomic mass is 32.1. The van der Waals surface area contributed by atoms with Crippen LogP contribution in [0.4, 0.5) is 31.8 Å². The highest BCUT2D eigenvalue weighted by Crippen LogP contribution is 2.42. The molecule has 15 nitrogen and oxygen atoms in total. The van der Waals surface area contributed by atoms with Gasteiger partial charge in [-0.05, 0) is 74.1 Å². The van der Waals surface area contributed by atoms with Crippen LogP contribution in [-0.4, -0.2) is 118 Å². The summed E-state index contributed by atoms with van der Waals surface area (Å²) in [6.07, 6.45) is 11.6. The Bertz CT molecular complexity index is 2900. The number of fused-ring (bicyclic) bond motifs is 2. The molecule has 10 rings (SSSR count). The molecule has 18 heteroatoms. The number of ether oxygens (including phenoxy) is 2. The fourth-order valence-electron chi connectivity index (χ4n) is 10.7. The van der Waals surface area contributed by atoms with E-state index in [1.165, 1.54) is 36.1 Å². The Morgan fingerprint density at radius 2 is 1.47 bits per heavy atom. The van der Waals surface area contributed by atoms with E-state index in [0.717, 1.165) is 24.8 Å². The Labute approximate surface area is 409 Å². The van der Waals surface area contributed by atoms with Crippen LogP contribution in [0.15, 0.2) is 97.3 Å². The Hall–Kier alpha value is -6.02. The standard InChI is InChI=1S/C52H58F2N10O5S/c1-3-13-55-47(4-2)52(67,36-8-6-15-64(28-36)50-39-22-40(53)44(24-42(39)57-32-60-50)61-16-19-68-20-17-61)35-11-9-33(10-12-35)46-29-62(18-21-69-46)45-25-43-38(23-41(45)54)49(59-31-58-43)63-14-5-7-34(27-63)48(66)51-56-26-37(30-65)70-51/h3-4,9-13,22-26,31-32,34,36,46,48,65-67H,2,5-8,14-21,27-30H2,1H3. The van der Waals surface area contributed by atoms with Crippen molar-refractivity contribution >= 4 is 61.9 Å². The molecule has 0 radical (unpaired) electrons. The van der Waals surface area contributed by atoms with Crippen molar-refractivity contribution in [3.8, 4) is 0 Å². The number of aliphatic hydroxyl groups is 3. The van der Waals surface area contributed by atoms with Crippen LogP contribution in [0.3, 0.4) is 0 Å². The molecule has 0 amide bonds. The third-order valence-electron chi connectivity index (χ3n) is 14.3. The Kier molecular flexibility index (Phi) is 14.1. The molecule has 3 aromatic carbocycles. The normalized spacial score (nSPS) is 22.0. The fourth-order valence-corrected chi connectivity index (χ4v) is 11.5. The number of anilines is 4. The van der Waals surface area contributed by atoms with Gasteiger partial charge in [-0.25, -0.2) is 33.7 Å². The SMILES string of the molecule is C=CC(=NC=CC)C(O)(c1ccc(C2CN(c3cc4ncnc(N5CCCC(C(O)c6ncc(CO)s6)C5)c4cc3F)CCO2)cc1)C1CCCN(c2ncnc3cc(N4CCOCC4)c(F)cc23)C1. The zero-order valence-electron chi connectivity index (χ0n) is 39.2. The lowest BCUT2D eigenvalue weighted by molar-refractivity contribution is 0.0359. The number of hydrogen-bond acceptors (Lipinski definition) is 16. The van der Waals surface area contributed by atoms with Gasteiger partial charge in [-0.15, -0.1) is 11.3 Å². The first-order chi connectivity index (χ1) is 34.2. The molecular weight excluding hydrogens is 915 g/mol. The van der Waals surface area contributed by atoms with E-state index in [-0.39, 0.29) is 24.3 Å². The average molecular weight is 973 g/mol. The number of halogens is 2. The van der Waals surface area contributed by atoms with E-state index in [1.807, 2.05) is 41.0 Å². The molecule has 6 aromatic rings. The third kappa shape index (κ3) is 9.35. The van der Waals surface area contributed by atoms with Crippen LogP contribution in [0, 0.1) is 23.5 Å². The zero-order valence-corrected chi connectivity index (χ0v) is 40.0. The molecule has 0 spiro atoms. The summed E-state index contributed by atoms with van der Waals surface area (Å²) in [7, 11) is 0. The van der Waals surface area contributed by atoms with E-state index in [2.05, 4.69) is 41.3 Å².